The van der Waals surface area contributed by atoms with Crippen LogP contribution in [0, 0.1) is 0 Å². The number of para-hydroxylation sites is 2. The van der Waals surface area contributed by atoms with E-state index < -0.39 is 11.7 Å². The van der Waals surface area contributed by atoms with Gasteiger partial charge in [0.15, 0.2) is 11.4 Å². The molecule has 0 aliphatic carbocycles. The maximum Gasteiger partial charge on any atom is 0.417 e. The van der Waals surface area contributed by atoms with Crippen LogP contribution in [0.5, 0.6) is 0 Å². The Morgan fingerprint density at radius 3 is 2.68 bits per heavy atom. The average molecular weight is 430 g/mol. The third-order valence-electron chi connectivity index (χ3n) is 4.22. The molecule has 1 aliphatic heterocycles. The summed E-state index contributed by atoms with van der Waals surface area (Å²) in [4.78, 5) is 8.49. The van der Waals surface area contributed by atoms with E-state index in [9.17, 15) is 13.2 Å². The summed E-state index contributed by atoms with van der Waals surface area (Å²) in [5.41, 5.74) is 0.804. The molecule has 5 nitrogen and oxygen atoms in total. The molecule has 3 heterocycles. The standard InChI is InChI=1S/C18H15ClF3N3O2S/c19-12-9-11(18(20,21)22)10-23-16(12)28-17-24-13-3-1-2-4-14(13)25(17)6-5-15-26-7-8-27-15/h1-4,9-10,15H,5-8H2. The van der Waals surface area contributed by atoms with Crippen molar-refractivity contribution in [1.29, 1.82) is 0 Å². The van der Waals surface area contributed by atoms with Crippen molar-refractivity contribution in [3.05, 3.63) is 47.1 Å². The Balaban J connectivity index is 1.63. The molecule has 28 heavy (non-hydrogen) atoms. The molecule has 0 unspecified atom stereocenters. The molecule has 0 N–H and O–H groups in total. The summed E-state index contributed by atoms with van der Waals surface area (Å²) in [6, 6.07) is 8.47. The minimum atomic E-state index is -4.49. The molecule has 4 rings (SSSR count). The minimum absolute atomic E-state index is 0.0686. The second-order valence-electron chi connectivity index (χ2n) is 6.11. The summed E-state index contributed by atoms with van der Waals surface area (Å²) < 4.78 is 51.4. The molecule has 3 aromatic rings. The third kappa shape index (κ3) is 4.12. The van der Waals surface area contributed by atoms with Gasteiger partial charge in [0.05, 0.1) is 34.8 Å². The summed E-state index contributed by atoms with van der Waals surface area (Å²) in [5.74, 6) is 0. The van der Waals surface area contributed by atoms with Crippen LogP contribution in [0.4, 0.5) is 13.2 Å². The van der Waals surface area contributed by atoms with Crippen LogP contribution in [0.25, 0.3) is 11.0 Å². The molecule has 1 aromatic carbocycles. The normalized spacial score (nSPS) is 15.6. The number of alkyl halides is 3. The highest BCUT2D eigenvalue weighted by Gasteiger charge is 2.32. The fourth-order valence-electron chi connectivity index (χ4n) is 2.90. The summed E-state index contributed by atoms with van der Waals surface area (Å²) in [5, 5.41) is 0.786. The lowest BCUT2D eigenvalue weighted by atomic mass is 10.3. The molecule has 148 valence electrons. The van der Waals surface area contributed by atoms with Crippen molar-refractivity contribution in [2.24, 2.45) is 0 Å². The van der Waals surface area contributed by atoms with Gasteiger partial charge < -0.3 is 14.0 Å². The van der Waals surface area contributed by atoms with Gasteiger partial charge >= 0.3 is 6.18 Å². The molecule has 0 atom stereocenters. The first-order valence-electron chi connectivity index (χ1n) is 8.51. The zero-order valence-corrected chi connectivity index (χ0v) is 16.0. The Kier molecular flexibility index (Phi) is 5.50. The number of aromatic nitrogens is 3. The van der Waals surface area contributed by atoms with Crippen LogP contribution >= 0.6 is 23.4 Å². The number of benzene rings is 1. The van der Waals surface area contributed by atoms with Gasteiger partial charge in [0.2, 0.25) is 0 Å². The van der Waals surface area contributed by atoms with Crippen LogP contribution in [0.15, 0.2) is 46.7 Å². The number of aryl methyl sites for hydroxylation is 1. The van der Waals surface area contributed by atoms with Gasteiger partial charge in [-0.15, -0.1) is 0 Å². The number of pyridine rings is 1. The second-order valence-corrected chi connectivity index (χ2v) is 7.47. The van der Waals surface area contributed by atoms with Crippen LogP contribution in [0.1, 0.15) is 12.0 Å². The molecule has 0 amide bonds. The van der Waals surface area contributed by atoms with Crippen molar-refractivity contribution in [3.63, 3.8) is 0 Å². The van der Waals surface area contributed by atoms with Crippen molar-refractivity contribution in [1.82, 2.24) is 14.5 Å². The maximum absolute atomic E-state index is 12.8. The summed E-state index contributed by atoms with van der Waals surface area (Å²) in [7, 11) is 0. The predicted octanol–water partition coefficient (Wildman–Crippen LogP) is 5.02. The van der Waals surface area contributed by atoms with E-state index in [2.05, 4.69) is 9.97 Å². The molecule has 1 fully saturated rings. The van der Waals surface area contributed by atoms with Crippen molar-refractivity contribution in [2.75, 3.05) is 13.2 Å². The van der Waals surface area contributed by atoms with E-state index in [4.69, 9.17) is 21.1 Å². The molecule has 0 spiro atoms. The number of hydrogen-bond donors (Lipinski definition) is 0. The fraction of sp³-hybridized carbons (Fsp3) is 0.333. The zero-order valence-electron chi connectivity index (χ0n) is 14.4. The van der Waals surface area contributed by atoms with Crippen LogP contribution in [-0.4, -0.2) is 34.0 Å². The van der Waals surface area contributed by atoms with E-state index >= 15 is 0 Å². The third-order valence-corrected chi connectivity index (χ3v) is 5.63. The molecule has 0 radical (unpaired) electrons. The van der Waals surface area contributed by atoms with Crippen molar-refractivity contribution < 1.29 is 22.6 Å². The fourth-order valence-corrected chi connectivity index (χ4v) is 4.06. The predicted molar refractivity (Wildman–Crippen MR) is 98.4 cm³/mol. The summed E-state index contributed by atoms with van der Waals surface area (Å²) in [6.45, 7) is 1.72. The topological polar surface area (TPSA) is 49.2 Å². The van der Waals surface area contributed by atoms with Crippen LogP contribution < -0.4 is 0 Å². The Morgan fingerprint density at radius 1 is 1.21 bits per heavy atom. The van der Waals surface area contributed by atoms with Gasteiger partial charge in [-0.25, -0.2) is 9.97 Å². The van der Waals surface area contributed by atoms with Gasteiger partial charge in [-0.1, -0.05) is 23.7 Å². The Hall–Kier alpha value is -1.81. The monoisotopic (exact) mass is 429 g/mol. The molecular weight excluding hydrogens is 415 g/mol. The van der Waals surface area contributed by atoms with Crippen LogP contribution in [0.3, 0.4) is 0 Å². The van der Waals surface area contributed by atoms with Gasteiger partial charge in [0.1, 0.15) is 5.03 Å². The summed E-state index contributed by atoms with van der Waals surface area (Å²) in [6.07, 6.45) is -3.36. The van der Waals surface area contributed by atoms with Gasteiger partial charge in [-0.05, 0) is 30.0 Å². The smallest absolute Gasteiger partial charge is 0.350 e. The van der Waals surface area contributed by atoms with Crippen molar-refractivity contribution >= 4 is 34.4 Å². The second kappa shape index (κ2) is 7.90. The quantitative estimate of drug-likeness (QED) is 0.570. The van der Waals surface area contributed by atoms with Crippen molar-refractivity contribution in [3.8, 4) is 0 Å². The highest BCUT2D eigenvalue weighted by molar-refractivity contribution is 7.99. The molecule has 1 saturated heterocycles. The SMILES string of the molecule is FC(F)(F)c1cnc(Sc2nc3ccccc3n2CCC2OCCO2)c(Cl)c1. The number of hydrogen-bond acceptors (Lipinski definition) is 5. The van der Waals surface area contributed by atoms with E-state index in [1.54, 1.807) is 0 Å². The van der Waals surface area contributed by atoms with Gasteiger partial charge in [0, 0.05) is 19.2 Å². The number of fused-ring (bicyclic) bond motifs is 1. The lowest BCUT2D eigenvalue weighted by Crippen LogP contribution is -2.12. The number of ether oxygens (including phenoxy) is 2. The van der Waals surface area contributed by atoms with E-state index in [0.717, 1.165) is 35.1 Å². The Morgan fingerprint density at radius 2 is 1.96 bits per heavy atom. The number of nitrogens with zero attached hydrogens (tertiary/aromatic N) is 3. The first-order chi connectivity index (χ1) is 13.4. The van der Waals surface area contributed by atoms with Gasteiger partial charge in [-0.2, -0.15) is 13.2 Å². The van der Waals surface area contributed by atoms with Gasteiger partial charge in [-0.3, -0.25) is 0 Å². The average Bonchev–Trinajstić information content (AvgIpc) is 3.28. The molecule has 1 aliphatic rings. The van der Waals surface area contributed by atoms with E-state index in [0.29, 0.717) is 31.3 Å². The Labute approximate surface area is 167 Å². The van der Waals surface area contributed by atoms with Gasteiger partial charge in [0.25, 0.3) is 0 Å². The Bertz CT molecular complexity index is 990. The van der Waals surface area contributed by atoms with E-state index in [-0.39, 0.29) is 16.3 Å². The summed E-state index contributed by atoms with van der Waals surface area (Å²) >= 11 is 7.18. The van der Waals surface area contributed by atoms with Crippen LogP contribution in [-0.2, 0) is 22.2 Å². The largest absolute Gasteiger partial charge is 0.417 e. The number of imidazole rings is 1. The molecule has 0 saturated carbocycles. The van der Waals surface area contributed by atoms with Crippen molar-refractivity contribution in [2.45, 2.75) is 35.6 Å². The highest BCUT2D eigenvalue weighted by atomic mass is 35.5. The first-order valence-corrected chi connectivity index (χ1v) is 9.70. The van der Waals surface area contributed by atoms with E-state index in [1.165, 1.54) is 0 Å². The lowest BCUT2D eigenvalue weighted by molar-refractivity contribution is -0.137. The van der Waals surface area contributed by atoms with E-state index in [1.807, 2.05) is 28.8 Å². The minimum Gasteiger partial charge on any atom is -0.350 e. The highest BCUT2D eigenvalue weighted by Crippen LogP contribution is 2.37. The zero-order chi connectivity index (χ0) is 19.7. The molecule has 10 heteroatoms. The first kappa shape index (κ1) is 19.5. The molecular formula is C18H15ClF3N3O2S. The lowest BCUT2D eigenvalue weighted by Gasteiger charge is -2.13. The molecule has 0 bridgehead atoms. The number of halogens is 4. The van der Waals surface area contributed by atoms with Crippen LogP contribution in [0.2, 0.25) is 5.02 Å². The number of rotatable bonds is 5. The molecule has 2 aromatic heterocycles. The maximum atomic E-state index is 12.8.